The lowest BCUT2D eigenvalue weighted by Crippen LogP contribution is -2.44. The number of nitrogens with one attached hydrogen (secondary N) is 1. The summed E-state index contributed by atoms with van der Waals surface area (Å²) >= 11 is 0. The van der Waals surface area contributed by atoms with Crippen LogP contribution >= 0.6 is 0 Å². The smallest absolute Gasteiger partial charge is 0.321 e. The number of nitrogens with zero attached hydrogens (tertiary/aromatic N) is 1. The van der Waals surface area contributed by atoms with Crippen molar-refractivity contribution in [1.29, 1.82) is 0 Å². The van der Waals surface area contributed by atoms with Crippen molar-refractivity contribution in [2.75, 3.05) is 18.4 Å². The molecule has 5 nitrogen and oxygen atoms in total. The van der Waals surface area contributed by atoms with Crippen LogP contribution in [0.2, 0.25) is 0 Å². The first-order valence-corrected chi connectivity index (χ1v) is 7.58. The Hall–Kier alpha value is -1.89. The van der Waals surface area contributed by atoms with Crippen molar-refractivity contribution >= 4 is 11.7 Å². The molecule has 2 amide bonds. The highest BCUT2D eigenvalue weighted by Gasteiger charge is 2.24. The molecule has 1 saturated heterocycles. The lowest BCUT2D eigenvalue weighted by Gasteiger charge is -2.30. The first kappa shape index (κ1) is 17.5. The van der Waals surface area contributed by atoms with Crippen molar-refractivity contribution in [3.8, 4) is 5.75 Å². The van der Waals surface area contributed by atoms with E-state index in [0.29, 0.717) is 19.4 Å². The van der Waals surface area contributed by atoms with Crippen molar-refractivity contribution in [2.45, 2.75) is 45.3 Å². The number of urea groups is 1. The molecular formula is C16H22F2N2O3. The minimum absolute atomic E-state index is 0.00585. The van der Waals surface area contributed by atoms with Crippen LogP contribution in [-0.4, -0.2) is 40.8 Å². The Morgan fingerprint density at radius 3 is 2.48 bits per heavy atom. The van der Waals surface area contributed by atoms with Crippen LogP contribution in [0.15, 0.2) is 12.1 Å². The van der Waals surface area contributed by atoms with Gasteiger partial charge in [-0.05, 0) is 33.6 Å². The van der Waals surface area contributed by atoms with E-state index >= 15 is 0 Å². The predicted octanol–water partition coefficient (Wildman–Crippen LogP) is 3.13. The average Bonchev–Trinajstić information content (AvgIpc) is 2.42. The van der Waals surface area contributed by atoms with Crippen LogP contribution in [0.25, 0.3) is 0 Å². The molecule has 1 aromatic rings. The third-order valence-corrected chi connectivity index (χ3v) is 3.34. The Bertz CT molecular complexity index is 564. The van der Waals surface area contributed by atoms with Gasteiger partial charge in [-0.25, -0.2) is 13.6 Å². The molecule has 0 spiro atoms. The zero-order valence-electron chi connectivity index (χ0n) is 13.5. The molecule has 1 aliphatic heterocycles. The second-order valence-electron chi connectivity index (χ2n) is 6.66. The number of amides is 2. The number of piperidine rings is 1. The minimum atomic E-state index is -0.881. The quantitative estimate of drug-likeness (QED) is 0.877. The third kappa shape index (κ3) is 4.79. The zero-order valence-corrected chi connectivity index (χ0v) is 13.5. The summed E-state index contributed by atoms with van der Waals surface area (Å²) in [5.41, 5.74) is -0.734. The van der Waals surface area contributed by atoms with E-state index in [1.165, 1.54) is 4.90 Å². The number of carbonyl (C=O) groups is 1. The molecule has 7 heteroatoms. The predicted molar refractivity (Wildman–Crippen MR) is 82.6 cm³/mol. The van der Waals surface area contributed by atoms with Gasteiger partial charge in [0.2, 0.25) is 0 Å². The number of aliphatic hydroxyl groups is 1. The number of likely N-dealkylation sites (tertiary alicyclic amines) is 1. The van der Waals surface area contributed by atoms with E-state index in [-0.39, 0.29) is 12.2 Å². The monoisotopic (exact) mass is 328 g/mol. The first-order chi connectivity index (χ1) is 10.7. The molecule has 23 heavy (non-hydrogen) atoms. The number of ether oxygens (including phenoxy) is 1. The van der Waals surface area contributed by atoms with E-state index in [1.807, 2.05) is 0 Å². The van der Waals surface area contributed by atoms with Gasteiger partial charge in [0.05, 0.1) is 6.10 Å². The maximum Gasteiger partial charge on any atom is 0.321 e. The summed E-state index contributed by atoms with van der Waals surface area (Å²) in [4.78, 5) is 13.5. The Labute approximate surface area is 134 Å². The maximum absolute atomic E-state index is 14.0. The fourth-order valence-electron chi connectivity index (χ4n) is 2.38. The van der Waals surface area contributed by atoms with E-state index in [2.05, 4.69) is 5.32 Å². The van der Waals surface area contributed by atoms with Crippen molar-refractivity contribution in [3.63, 3.8) is 0 Å². The number of β-amino-alcohol motifs (C(OH)–C–C–N with tert-alkyl or cyclic N) is 1. The molecule has 1 atom stereocenters. The lowest BCUT2D eigenvalue weighted by molar-refractivity contribution is 0.0883. The van der Waals surface area contributed by atoms with Crippen LogP contribution in [0.5, 0.6) is 5.75 Å². The van der Waals surface area contributed by atoms with E-state index in [9.17, 15) is 18.7 Å². The fraction of sp³-hybridized carbons (Fsp3) is 0.562. The van der Waals surface area contributed by atoms with E-state index in [0.717, 1.165) is 12.1 Å². The fourth-order valence-corrected chi connectivity index (χ4v) is 2.38. The number of rotatable bonds is 2. The van der Waals surface area contributed by atoms with Gasteiger partial charge in [-0.3, -0.25) is 0 Å². The molecule has 0 radical (unpaired) electrons. The van der Waals surface area contributed by atoms with E-state index in [4.69, 9.17) is 4.74 Å². The molecule has 2 rings (SSSR count). The van der Waals surface area contributed by atoms with Crippen molar-refractivity contribution in [2.24, 2.45) is 0 Å². The van der Waals surface area contributed by atoms with Gasteiger partial charge in [0.15, 0.2) is 17.4 Å². The molecular weight excluding hydrogens is 306 g/mol. The summed E-state index contributed by atoms with van der Waals surface area (Å²) in [5.74, 6) is -2.23. The number of hydrogen-bond acceptors (Lipinski definition) is 3. The molecule has 0 unspecified atom stereocenters. The number of hydrogen-bond donors (Lipinski definition) is 2. The number of aliphatic hydroxyl groups excluding tert-OH is 1. The molecule has 0 saturated carbocycles. The van der Waals surface area contributed by atoms with Crippen LogP contribution in [0, 0.1) is 11.6 Å². The van der Waals surface area contributed by atoms with Crippen LogP contribution in [0.4, 0.5) is 19.3 Å². The highest BCUT2D eigenvalue weighted by Crippen LogP contribution is 2.29. The molecule has 0 aliphatic carbocycles. The molecule has 128 valence electrons. The minimum Gasteiger partial charge on any atom is -0.482 e. The SMILES string of the molecule is CC(C)(C)Oc1c(F)cc(NC(=O)N2CCC[C@H](O)C2)cc1F. The van der Waals surface area contributed by atoms with E-state index in [1.54, 1.807) is 20.8 Å². The average molecular weight is 328 g/mol. The van der Waals surface area contributed by atoms with Gasteiger partial charge in [0.25, 0.3) is 0 Å². The first-order valence-electron chi connectivity index (χ1n) is 7.58. The Kier molecular flexibility index (Phi) is 5.09. The van der Waals surface area contributed by atoms with Crippen molar-refractivity contribution < 1.29 is 23.4 Å². The van der Waals surface area contributed by atoms with Gasteiger partial charge in [0, 0.05) is 30.9 Å². The van der Waals surface area contributed by atoms with Crippen LogP contribution in [0.3, 0.4) is 0 Å². The van der Waals surface area contributed by atoms with Crippen molar-refractivity contribution in [1.82, 2.24) is 4.90 Å². The molecule has 1 heterocycles. The van der Waals surface area contributed by atoms with Gasteiger partial charge in [-0.1, -0.05) is 0 Å². The molecule has 0 aromatic heterocycles. The normalized spacial score (nSPS) is 18.7. The maximum atomic E-state index is 14.0. The van der Waals surface area contributed by atoms with Crippen molar-refractivity contribution in [3.05, 3.63) is 23.8 Å². The standard InChI is InChI=1S/C16H22F2N2O3/c1-16(2,3)23-14-12(17)7-10(8-13(14)18)19-15(22)20-6-4-5-11(21)9-20/h7-8,11,21H,4-6,9H2,1-3H3,(H,19,22)/t11-/m0/s1. The highest BCUT2D eigenvalue weighted by atomic mass is 19.1. The summed E-state index contributed by atoms with van der Waals surface area (Å²) in [6, 6.07) is 1.54. The van der Waals surface area contributed by atoms with Gasteiger partial charge < -0.3 is 20.1 Å². The summed E-state index contributed by atoms with van der Waals surface area (Å²) < 4.78 is 33.3. The van der Waals surface area contributed by atoms with Gasteiger partial charge >= 0.3 is 6.03 Å². The van der Waals surface area contributed by atoms with Gasteiger partial charge in [0.1, 0.15) is 5.60 Å². The highest BCUT2D eigenvalue weighted by molar-refractivity contribution is 5.89. The van der Waals surface area contributed by atoms with Crippen LogP contribution in [0.1, 0.15) is 33.6 Å². The molecule has 1 fully saturated rings. The molecule has 1 aliphatic rings. The Balaban J connectivity index is 2.10. The number of carbonyl (C=O) groups excluding carboxylic acids is 1. The second-order valence-corrected chi connectivity index (χ2v) is 6.66. The Morgan fingerprint density at radius 2 is 1.96 bits per heavy atom. The zero-order chi connectivity index (χ0) is 17.2. The summed E-state index contributed by atoms with van der Waals surface area (Å²) in [5, 5.41) is 12.0. The summed E-state index contributed by atoms with van der Waals surface area (Å²) in [6.45, 7) is 5.76. The number of anilines is 1. The van der Waals surface area contributed by atoms with Gasteiger partial charge in [-0.2, -0.15) is 0 Å². The third-order valence-electron chi connectivity index (χ3n) is 3.34. The van der Waals surface area contributed by atoms with E-state index < -0.39 is 35.1 Å². The number of benzene rings is 1. The molecule has 2 N–H and O–H groups in total. The van der Waals surface area contributed by atoms with Gasteiger partial charge in [-0.15, -0.1) is 0 Å². The topological polar surface area (TPSA) is 61.8 Å². The van der Waals surface area contributed by atoms with Crippen LogP contribution < -0.4 is 10.1 Å². The summed E-state index contributed by atoms with van der Waals surface area (Å²) in [7, 11) is 0. The Morgan fingerprint density at radius 1 is 1.35 bits per heavy atom. The number of halogens is 2. The largest absolute Gasteiger partial charge is 0.482 e. The lowest BCUT2D eigenvalue weighted by atomic mass is 10.1. The summed E-state index contributed by atoms with van der Waals surface area (Å²) in [6.07, 6.45) is 0.771. The second kappa shape index (κ2) is 6.70. The molecule has 0 bridgehead atoms. The van der Waals surface area contributed by atoms with Crippen LogP contribution in [-0.2, 0) is 0 Å². The molecule has 1 aromatic carbocycles.